The number of carbonyl (C=O) groups is 1. The molecule has 1 fully saturated rings. The van der Waals surface area contributed by atoms with Gasteiger partial charge in [-0.2, -0.15) is 13.2 Å². The van der Waals surface area contributed by atoms with Crippen LogP contribution in [-0.4, -0.2) is 41.8 Å². The number of aliphatic imine (C=N–C) groups is 1. The van der Waals surface area contributed by atoms with Gasteiger partial charge in [0.05, 0.1) is 11.3 Å². The first-order chi connectivity index (χ1) is 15.3. The molecule has 2 aromatic rings. The minimum Gasteiger partial charge on any atom is -0.403 e. The van der Waals surface area contributed by atoms with Gasteiger partial charge in [0, 0.05) is 31.9 Å². The summed E-state index contributed by atoms with van der Waals surface area (Å²) in [6.07, 6.45) is 0.942. The third-order valence-corrected chi connectivity index (χ3v) is 6.02. The van der Waals surface area contributed by atoms with Gasteiger partial charge in [0.2, 0.25) is 0 Å². The molecule has 0 unspecified atom stereocenters. The van der Waals surface area contributed by atoms with E-state index in [4.69, 9.17) is 11.5 Å². The van der Waals surface area contributed by atoms with Crippen molar-refractivity contribution in [2.24, 2.45) is 10.7 Å². The molecule has 1 aliphatic rings. The molecule has 0 saturated carbocycles. The number of aromatic nitrogens is 1. The van der Waals surface area contributed by atoms with E-state index >= 15 is 0 Å². The Bertz CT molecular complexity index is 1020. The van der Waals surface area contributed by atoms with Gasteiger partial charge < -0.3 is 21.7 Å². The number of amides is 1. The van der Waals surface area contributed by atoms with E-state index < -0.39 is 17.6 Å². The van der Waals surface area contributed by atoms with E-state index in [0.717, 1.165) is 56.2 Å². The van der Waals surface area contributed by atoms with Crippen LogP contribution in [0.15, 0.2) is 41.2 Å². The van der Waals surface area contributed by atoms with E-state index in [-0.39, 0.29) is 21.3 Å². The van der Waals surface area contributed by atoms with Gasteiger partial charge in [0.1, 0.15) is 15.8 Å². The van der Waals surface area contributed by atoms with Crippen molar-refractivity contribution < 1.29 is 18.0 Å². The zero-order chi connectivity index (χ0) is 23.3. The van der Waals surface area contributed by atoms with Crippen LogP contribution in [0.2, 0.25) is 0 Å². The summed E-state index contributed by atoms with van der Waals surface area (Å²) in [5.41, 5.74) is 10.9. The molecular weight excluding hydrogens is 441 g/mol. The van der Waals surface area contributed by atoms with E-state index in [9.17, 15) is 18.0 Å². The Morgan fingerprint density at radius 1 is 1.22 bits per heavy atom. The van der Waals surface area contributed by atoms with Crippen molar-refractivity contribution in [3.63, 3.8) is 0 Å². The average Bonchev–Trinajstić information content (AvgIpc) is 2.96. The van der Waals surface area contributed by atoms with E-state index in [2.05, 4.69) is 20.2 Å². The molecule has 1 aromatic heterocycles. The summed E-state index contributed by atoms with van der Waals surface area (Å²) in [7, 11) is 1.61. The molecule has 7 nitrogen and oxygen atoms in total. The van der Waals surface area contributed by atoms with Crippen LogP contribution in [0, 0.1) is 0 Å². The Labute approximate surface area is 188 Å². The van der Waals surface area contributed by atoms with Crippen LogP contribution in [0.25, 0.3) is 10.6 Å². The number of rotatable bonds is 4. The quantitative estimate of drug-likeness (QED) is 0.468. The number of hydrogen-bond acceptors (Lipinski definition) is 6. The van der Waals surface area contributed by atoms with Crippen LogP contribution in [0.4, 0.5) is 18.2 Å². The standard InChI is InChI=1S/C21H25F3N6OS/c1-27-18(30-10-6-2-3-7-11-30)15(12-25)28-19(31)16-17(26)32-20(29-16)13-8-4-5-9-14(13)21(22,23)24/h4-5,8-9,12H,2-3,6-7,10-11,25-26H2,1H3,(H,28,31). The highest BCUT2D eigenvalue weighted by molar-refractivity contribution is 7.19. The van der Waals surface area contributed by atoms with Gasteiger partial charge in [-0.15, -0.1) is 0 Å². The first-order valence-corrected chi connectivity index (χ1v) is 11.0. The fraction of sp³-hybridized carbons (Fsp3) is 0.381. The normalized spacial score (nSPS) is 16.1. The van der Waals surface area contributed by atoms with Gasteiger partial charge in [-0.05, 0) is 18.9 Å². The number of halogens is 3. The minimum atomic E-state index is -4.56. The molecule has 1 saturated heterocycles. The smallest absolute Gasteiger partial charge is 0.403 e. The number of nitrogens with zero attached hydrogens (tertiary/aromatic N) is 3. The highest BCUT2D eigenvalue weighted by Crippen LogP contribution is 2.39. The van der Waals surface area contributed by atoms with Crippen molar-refractivity contribution in [2.75, 3.05) is 25.9 Å². The lowest BCUT2D eigenvalue weighted by Gasteiger charge is -2.25. The Hall–Kier alpha value is -3.08. The predicted octanol–water partition coefficient (Wildman–Crippen LogP) is 3.85. The lowest BCUT2D eigenvalue weighted by molar-refractivity contribution is -0.137. The SMILES string of the molecule is CN=C(C(=CN)NC(=O)c1nc(-c2ccccc2C(F)(F)F)sc1N)N1CCCCCC1. The second kappa shape index (κ2) is 10.0. The van der Waals surface area contributed by atoms with Crippen molar-refractivity contribution in [1.29, 1.82) is 0 Å². The van der Waals surface area contributed by atoms with Crippen LogP contribution < -0.4 is 16.8 Å². The second-order valence-electron chi connectivity index (χ2n) is 7.26. The Kier molecular flexibility index (Phi) is 7.39. The maximum Gasteiger partial charge on any atom is 0.417 e. The highest BCUT2D eigenvalue weighted by Gasteiger charge is 2.34. The molecular formula is C21H25F3N6OS. The van der Waals surface area contributed by atoms with Crippen LogP contribution in [0.3, 0.4) is 0 Å². The van der Waals surface area contributed by atoms with Crippen molar-refractivity contribution in [2.45, 2.75) is 31.9 Å². The maximum atomic E-state index is 13.4. The molecule has 1 aliphatic heterocycles. The number of alkyl halides is 3. The van der Waals surface area contributed by atoms with Crippen LogP contribution >= 0.6 is 11.3 Å². The molecule has 0 aliphatic carbocycles. The third-order valence-electron chi connectivity index (χ3n) is 5.10. The molecule has 11 heteroatoms. The number of hydrogen-bond donors (Lipinski definition) is 3. The third kappa shape index (κ3) is 5.21. The van der Waals surface area contributed by atoms with Crippen molar-refractivity contribution in [1.82, 2.24) is 15.2 Å². The summed E-state index contributed by atoms with van der Waals surface area (Å²) >= 11 is 0.820. The molecule has 3 rings (SSSR count). The van der Waals surface area contributed by atoms with Gasteiger partial charge >= 0.3 is 6.18 Å². The number of benzene rings is 1. The Morgan fingerprint density at radius 3 is 2.47 bits per heavy atom. The molecule has 0 spiro atoms. The topological polar surface area (TPSA) is 110 Å². The summed E-state index contributed by atoms with van der Waals surface area (Å²) in [4.78, 5) is 23.4. The molecule has 172 valence electrons. The zero-order valence-electron chi connectivity index (χ0n) is 17.6. The molecule has 1 aromatic carbocycles. The number of carbonyl (C=O) groups excluding carboxylic acids is 1. The number of nitrogen functional groups attached to an aromatic ring is 1. The minimum absolute atomic E-state index is 0.00982. The summed E-state index contributed by atoms with van der Waals surface area (Å²) in [6, 6.07) is 5.04. The van der Waals surface area contributed by atoms with Gasteiger partial charge in [0.25, 0.3) is 5.91 Å². The zero-order valence-corrected chi connectivity index (χ0v) is 18.4. The number of amidine groups is 1. The Morgan fingerprint density at radius 2 is 1.88 bits per heavy atom. The molecule has 0 atom stereocenters. The van der Waals surface area contributed by atoms with Crippen molar-refractivity contribution in [3.8, 4) is 10.6 Å². The van der Waals surface area contributed by atoms with Gasteiger partial charge in [-0.3, -0.25) is 9.79 Å². The molecule has 5 N–H and O–H groups in total. The van der Waals surface area contributed by atoms with Crippen molar-refractivity contribution >= 4 is 28.1 Å². The maximum absolute atomic E-state index is 13.4. The molecule has 32 heavy (non-hydrogen) atoms. The summed E-state index contributed by atoms with van der Waals surface area (Å²) in [5, 5.41) is 2.69. The second-order valence-corrected chi connectivity index (χ2v) is 8.29. The number of likely N-dealkylation sites (tertiary alicyclic amines) is 1. The molecule has 0 radical (unpaired) electrons. The molecule has 0 bridgehead atoms. The van der Waals surface area contributed by atoms with Crippen LogP contribution in [0.1, 0.15) is 41.7 Å². The first kappa shape index (κ1) is 23.6. The average molecular weight is 467 g/mol. The monoisotopic (exact) mass is 466 g/mol. The van der Waals surface area contributed by atoms with E-state index in [1.54, 1.807) is 7.05 Å². The van der Waals surface area contributed by atoms with Crippen LogP contribution in [0.5, 0.6) is 0 Å². The van der Waals surface area contributed by atoms with E-state index in [0.29, 0.717) is 11.5 Å². The molecule has 2 heterocycles. The Balaban J connectivity index is 1.85. The molecule has 1 amide bonds. The first-order valence-electron chi connectivity index (χ1n) is 10.1. The largest absolute Gasteiger partial charge is 0.417 e. The lowest BCUT2D eigenvalue weighted by Crippen LogP contribution is -2.39. The summed E-state index contributed by atoms with van der Waals surface area (Å²) in [6.45, 7) is 1.58. The van der Waals surface area contributed by atoms with Crippen molar-refractivity contribution in [3.05, 3.63) is 47.4 Å². The summed E-state index contributed by atoms with van der Waals surface area (Å²) < 4.78 is 40.1. The predicted molar refractivity (Wildman–Crippen MR) is 120 cm³/mol. The van der Waals surface area contributed by atoms with E-state index in [1.807, 2.05) is 0 Å². The van der Waals surface area contributed by atoms with Crippen LogP contribution in [-0.2, 0) is 6.18 Å². The lowest BCUT2D eigenvalue weighted by atomic mass is 10.1. The number of anilines is 1. The summed E-state index contributed by atoms with van der Waals surface area (Å²) in [5.74, 6) is -0.124. The number of nitrogens with two attached hydrogens (primary N) is 2. The fourth-order valence-electron chi connectivity index (χ4n) is 3.59. The highest BCUT2D eigenvalue weighted by atomic mass is 32.1. The van der Waals surface area contributed by atoms with Gasteiger partial charge in [0.15, 0.2) is 5.69 Å². The fourth-order valence-corrected chi connectivity index (χ4v) is 4.46. The van der Waals surface area contributed by atoms with Gasteiger partial charge in [-0.25, -0.2) is 4.98 Å². The number of thiazole rings is 1. The van der Waals surface area contributed by atoms with E-state index in [1.165, 1.54) is 24.4 Å². The number of nitrogens with one attached hydrogen (secondary N) is 1. The van der Waals surface area contributed by atoms with Gasteiger partial charge in [-0.1, -0.05) is 42.4 Å².